The molecule has 0 fully saturated rings. The van der Waals surface area contributed by atoms with Crippen molar-refractivity contribution in [2.24, 2.45) is 0 Å². The first-order chi connectivity index (χ1) is 5.00. The van der Waals surface area contributed by atoms with Gasteiger partial charge in [-0.15, -0.1) is 12.8 Å². The first kappa shape index (κ1) is 10.5. The maximum absolute atomic E-state index is 2.99. The van der Waals surface area contributed by atoms with Crippen LogP contribution in [0.5, 0.6) is 0 Å². The van der Waals surface area contributed by atoms with E-state index < -0.39 is 0 Å². The van der Waals surface area contributed by atoms with Gasteiger partial charge in [0.05, 0.1) is 0 Å². The molecule has 0 aromatic rings. The van der Waals surface area contributed by atoms with E-state index in [0.29, 0.717) is 0 Å². The summed E-state index contributed by atoms with van der Waals surface area (Å²) >= 11 is 0. The standard InChI is InChI=1S/2C5H5.Co/c2*1-2-4-5-3-1;/h2*1-3H,4H2;/q2*-1;+2. The molecule has 0 bridgehead atoms. The Morgan fingerprint density at radius 3 is 1.36 bits per heavy atom. The van der Waals surface area contributed by atoms with E-state index in [1.165, 1.54) is 0 Å². The Kier molecular flexibility index (Phi) is 7.20. The number of hydrogen-bond donors (Lipinski definition) is 0. The molecule has 0 N–H and O–H groups in total. The van der Waals surface area contributed by atoms with Gasteiger partial charge in [-0.1, -0.05) is 0 Å². The van der Waals surface area contributed by atoms with Crippen LogP contribution in [0, 0.1) is 12.2 Å². The molecule has 0 aromatic carbocycles. The smallest absolute Gasteiger partial charge is 0.273 e. The van der Waals surface area contributed by atoms with E-state index in [0.717, 1.165) is 12.8 Å². The fourth-order valence-electron chi connectivity index (χ4n) is 0.680. The Balaban J connectivity index is 0.000000167. The van der Waals surface area contributed by atoms with Crippen molar-refractivity contribution in [3.63, 3.8) is 0 Å². The average Bonchev–Trinajstić information content (AvgIpc) is 2.67. The van der Waals surface area contributed by atoms with Gasteiger partial charge in [0.1, 0.15) is 0 Å². The van der Waals surface area contributed by atoms with Gasteiger partial charge < -0.3 is 0 Å². The van der Waals surface area contributed by atoms with Crippen molar-refractivity contribution in [3.8, 4) is 0 Å². The van der Waals surface area contributed by atoms with Crippen LogP contribution in [0.3, 0.4) is 0 Å². The second kappa shape index (κ2) is 7.57. The molecule has 2 rings (SSSR count). The fraction of sp³-hybridized carbons (Fsp3) is 0.200. The third kappa shape index (κ3) is 5.89. The zero-order valence-electron chi connectivity index (χ0n) is 6.21. The van der Waals surface area contributed by atoms with Gasteiger partial charge in [0.25, 0.3) is 0 Å². The van der Waals surface area contributed by atoms with Gasteiger partial charge in [-0.25, -0.2) is 24.3 Å². The first-order valence-electron chi connectivity index (χ1n) is 3.43. The molecule has 2 aliphatic rings. The Hall–Kier alpha value is -0.534. The average molecular weight is 189 g/mol. The largest absolute Gasteiger partial charge is 2.00 e. The summed E-state index contributed by atoms with van der Waals surface area (Å²) in [6.45, 7) is 0. The molecule has 59 valence electrons. The minimum atomic E-state index is 0. The molecule has 11 heavy (non-hydrogen) atoms. The van der Waals surface area contributed by atoms with Crippen molar-refractivity contribution < 1.29 is 16.8 Å². The molecule has 0 atom stereocenters. The Morgan fingerprint density at radius 2 is 1.27 bits per heavy atom. The maximum Gasteiger partial charge on any atom is 2.00 e. The van der Waals surface area contributed by atoms with Crippen molar-refractivity contribution in [1.29, 1.82) is 0 Å². The van der Waals surface area contributed by atoms with Gasteiger partial charge in [0, 0.05) is 0 Å². The van der Waals surface area contributed by atoms with Crippen LogP contribution in [0.25, 0.3) is 0 Å². The van der Waals surface area contributed by atoms with Gasteiger partial charge in [-0.05, 0) is 0 Å². The van der Waals surface area contributed by atoms with Gasteiger partial charge in [-0.3, -0.25) is 12.2 Å². The summed E-state index contributed by atoms with van der Waals surface area (Å²) in [5.41, 5.74) is 0. The Labute approximate surface area is 78.6 Å². The number of allylic oxidation sites excluding steroid dienone is 8. The van der Waals surface area contributed by atoms with Crippen LogP contribution < -0.4 is 0 Å². The zero-order valence-corrected chi connectivity index (χ0v) is 7.25. The molecule has 1 radical (unpaired) electrons. The van der Waals surface area contributed by atoms with Crippen LogP contribution in [0.15, 0.2) is 36.5 Å². The fourth-order valence-corrected chi connectivity index (χ4v) is 0.680. The molecule has 0 aliphatic heterocycles. The van der Waals surface area contributed by atoms with Crippen LogP contribution >= 0.6 is 0 Å². The van der Waals surface area contributed by atoms with Crippen molar-refractivity contribution in [2.45, 2.75) is 12.8 Å². The van der Waals surface area contributed by atoms with E-state index in [1.54, 1.807) is 0 Å². The van der Waals surface area contributed by atoms with Crippen molar-refractivity contribution in [2.75, 3.05) is 0 Å². The van der Waals surface area contributed by atoms with E-state index >= 15 is 0 Å². The monoisotopic (exact) mass is 189 g/mol. The van der Waals surface area contributed by atoms with Crippen molar-refractivity contribution in [1.82, 2.24) is 0 Å². The molecule has 0 saturated carbocycles. The number of rotatable bonds is 0. The van der Waals surface area contributed by atoms with Crippen LogP contribution in [0.2, 0.25) is 0 Å². The molecular weight excluding hydrogens is 179 g/mol. The molecular formula is C10H10Co. The molecule has 0 unspecified atom stereocenters. The third-order valence-corrected chi connectivity index (χ3v) is 1.17. The molecule has 0 saturated heterocycles. The summed E-state index contributed by atoms with van der Waals surface area (Å²) in [6.07, 6.45) is 20.0. The first-order valence-corrected chi connectivity index (χ1v) is 3.43. The second-order valence-electron chi connectivity index (χ2n) is 2.01. The zero-order chi connectivity index (χ0) is 7.07. The Morgan fingerprint density at radius 1 is 0.818 bits per heavy atom. The third-order valence-electron chi connectivity index (χ3n) is 1.17. The summed E-state index contributed by atoms with van der Waals surface area (Å²) in [6, 6.07) is 0. The normalized spacial score (nSPS) is 16.0. The summed E-state index contributed by atoms with van der Waals surface area (Å²) in [5, 5.41) is 0. The molecule has 0 nitrogen and oxygen atoms in total. The quantitative estimate of drug-likeness (QED) is 0.514. The van der Waals surface area contributed by atoms with Crippen molar-refractivity contribution in [3.05, 3.63) is 48.6 Å². The van der Waals surface area contributed by atoms with Gasteiger partial charge in [-0.2, -0.15) is 12.2 Å². The van der Waals surface area contributed by atoms with E-state index in [-0.39, 0.29) is 16.8 Å². The summed E-state index contributed by atoms with van der Waals surface area (Å²) in [5.74, 6) is 0. The molecule has 0 spiro atoms. The second-order valence-corrected chi connectivity index (χ2v) is 2.01. The molecule has 2 aliphatic carbocycles. The molecule has 0 aromatic heterocycles. The molecule has 0 heterocycles. The predicted octanol–water partition coefficient (Wildman–Crippen LogP) is 2.61. The topological polar surface area (TPSA) is 0 Å². The SMILES string of the molecule is [C-]1=CC=CC1.[C-]1=CC=CC1.[Co+2]. The van der Waals surface area contributed by atoms with Gasteiger partial charge in [0.2, 0.25) is 0 Å². The van der Waals surface area contributed by atoms with Crippen molar-refractivity contribution >= 4 is 0 Å². The van der Waals surface area contributed by atoms with Crippen LogP contribution in [0.1, 0.15) is 12.8 Å². The van der Waals surface area contributed by atoms with Gasteiger partial charge >= 0.3 is 16.8 Å². The predicted molar refractivity (Wildman–Crippen MR) is 43.1 cm³/mol. The molecule has 1 heteroatoms. The van der Waals surface area contributed by atoms with E-state index in [4.69, 9.17) is 0 Å². The van der Waals surface area contributed by atoms with E-state index in [9.17, 15) is 0 Å². The summed E-state index contributed by atoms with van der Waals surface area (Å²) in [7, 11) is 0. The minimum absolute atomic E-state index is 0. The van der Waals surface area contributed by atoms with E-state index in [1.807, 2.05) is 24.3 Å². The van der Waals surface area contributed by atoms with Crippen LogP contribution in [-0.4, -0.2) is 0 Å². The van der Waals surface area contributed by atoms with E-state index in [2.05, 4.69) is 24.3 Å². The van der Waals surface area contributed by atoms with Gasteiger partial charge in [0.15, 0.2) is 0 Å². The van der Waals surface area contributed by atoms with Crippen LogP contribution in [-0.2, 0) is 16.8 Å². The Bertz CT molecular complexity index is 143. The minimum Gasteiger partial charge on any atom is -0.273 e. The molecule has 0 amide bonds. The number of hydrogen-bond acceptors (Lipinski definition) is 0. The summed E-state index contributed by atoms with van der Waals surface area (Å²) < 4.78 is 0. The maximum atomic E-state index is 2.99. The summed E-state index contributed by atoms with van der Waals surface area (Å²) in [4.78, 5) is 0. The van der Waals surface area contributed by atoms with Crippen LogP contribution in [0.4, 0.5) is 0 Å².